The first-order valence-electron chi connectivity index (χ1n) is 8.78. The van der Waals surface area contributed by atoms with Crippen LogP contribution in [0.5, 0.6) is 0 Å². The van der Waals surface area contributed by atoms with Gasteiger partial charge in [-0.05, 0) is 38.3 Å². The van der Waals surface area contributed by atoms with Crippen LogP contribution in [0.1, 0.15) is 26.2 Å². The molecule has 1 unspecified atom stereocenters. The van der Waals surface area contributed by atoms with E-state index in [0.29, 0.717) is 13.2 Å². The first kappa shape index (κ1) is 22.9. The molecule has 6 N–H and O–H groups in total. The van der Waals surface area contributed by atoms with Crippen LogP contribution in [0.2, 0.25) is 0 Å². The standard InChI is InChI=1S/C17H29N5O4S/c1-14(22-27(24,25)15-8-4-2-5-9-15)12-21-16(23)13-26-11-7-3-6-10-20-17(18)19/h2,4-5,8-9,14,22H,3,6-7,10-13H2,1H3,(H,21,23)(H4,18,19,20). The third-order valence-corrected chi connectivity index (χ3v) is 5.10. The number of carbonyl (C=O) groups excluding carboxylic acids is 1. The number of nitrogens with one attached hydrogen (secondary N) is 2. The molecule has 0 spiro atoms. The van der Waals surface area contributed by atoms with E-state index in [1.807, 2.05) is 0 Å². The van der Waals surface area contributed by atoms with E-state index >= 15 is 0 Å². The number of hydrogen-bond donors (Lipinski definition) is 4. The van der Waals surface area contributed by atoms with Gasteiger partial charge in [0.25, 0.3) is 0 Å². The summed E-state index contributed by atoms with van der Waals surface area (Å²) in [5, 5.41) is 2.64. The molecule has 0 aliphatic carbocycles. The second-order valence-electron chi connectivity index (χ2n) is 6.06. The molecule has 10 heteroatoms. The zero-order valence-electron chi connectivity index (χ0n) is 15.6. The van der Waals surface area contributed by atoms with Gasteiger partial charge in [-0.25, -0.2) is 13.1 Å². The fourth-order valence-electron chi connectivity index (χ4n) is 2.16. The van der Waals surface area contributed by atoms with E-state index in [9.17, 15) is 13.2 Å². The molecule has 0 fully saturated rings. The molecular formula is C17H29N5O4S. The Hall–Kier alpha value is -2.17. The van der Waals surface area contributed by atoms with Crippen LogP contribution in [0.3, 0.4) is 0 Å². The average Bonchev–Trinajstić information content (AvgIpc) is 2.62. The third-order valence-electron chi connectivity index (χ3n) is 3.49. The van der Waals surface area contributed by atoms with Crippen molar-refractivity contribution in [3.8, 4) is 0 Å². The summed E-state index contributed by atoms with van der Waals surface area (Å²) >= 11 is 0. The normalized spacial score (nSPS) is 12.3. The monoisotopic (exact) mass is 399 g/mol. The lowest BCUT2D eigenvalue weighted by Crippen LogP contribution is -2.42. The van der Waals surface area contributed by atoms with Gasteiger partial charge >= 0.3 is 0 Å². The Morgan fingerprint density at radius 3 is 2.56 bits per heavy atom. The van der Waals surface area contributed by atoms with Crippen LogP contribution in [0, 0.1) is 0 Å². The summed E-state index contributed by atoms with van der Waals surface area (Å²) in [5.41, 5.74) is 10.4. The number of nitrogens with zero attached hydrogens (tertiary/aromatic N) is 1. The van der Waals surface area contributed by atoms with Gasteiger partial charge in [0.1, 0.15) is 6.61 Å². The van der Waals surface area contributed by atoms with E-state index in [-0.39, 0.29) is 29.9 Å². The number of benzene rings is 1. The molecule has 0 saturated heterocycles. The van der Waals surface area contributed by atoms with Crippen molar-refractivity contribution in [2.24, 2.45) is 16.5 Å². The summed E-state index contributed by atoms with van der Waals surface area (Å²) in [6.45, 7) is 2.84. The van der Waals surface area contributed by atoms with E-state index in [2.05, 4.69) is 15.0 Å². The van der Waals surface area contributed by atoms with Gasteiger partial charge < -0.3 is 21.5 Å². The molecule has 152 valence electrons. The molecule has 0 heterocycles. The number of unbranched alkanes of at least 4 members (excludes halogenated alkanes) is 2. The maximum Gasteiger partial charge on any atom is 0.246 e. The van der Waals surface area contributed by atoms with Crippen molar-refractivity contribution >= 4 is 21.9 Å². The Kier molecular flexibility index (Phi) is 10.4. The zero-order chi connectivity index (χ0) is 20.1. The number of aliphatic imine (C=N–C) groups is 1. The molecule has 9 nitrogen and oxygen atoms in total. The zero-order valence-corrected chi connectivity index (χ0v) is 16.4. The summed E-state index contributed by atoms with van der Waals surface area (Å²) in [4.78, 5) is 15.8. The van der Waals surface area contributed by atoms with Crippen molar-refractivity contribution in [3.05, 3.63) is 30.3 Å². The van der Waals surface area contributed by atoms with Crippen LogP contribution < -0.4 is 21.5 Å². The highest BCUT2D eigenvalue weighted by atomic mass is 32.2. The highest BCUT2D eigenvalue weighted by Crippen LogP contribution is 2.07. The molecule has 1 rings (SSSR count). The fraction of sp³-hybridized carbons (Fsp3) is 0.529. The Morgan fingerprint density at radius 2 is 1.89 bits per heavy atom. The highest BCUT2D eigenvalue weighted by Gasteiger charge is 2.17. The Labute approximate surface area is 160 Å². The number of amides is 1. The summed E-state index contributed by atoms with van der Waals surface area (Å²) in [7, 11) is -3.60. The van der Waals surface area contributed by atoms with E-state index in [0.717, 1.165) is 19.3 Å². The molecule has 1 aromatic rings. The van der Waals surface area contributed by atoms with Crippen LogP contribution in [-0.2, 0) is 19.6 Å². The molecule has 0 bridgehead atoms. The quantitative estimate of drug-likeness (QED) is 0.207. The smallest absolute Gasteiger partial charge is 0.246 e. The summed E-state index contributed by atoms with van der Waals surface area (Å²) in [5.74, 6) is -0.204. The van der Waals surface area contributed by atoms with Gasteiger partial charge in [0.05, 0.1) is 4.90 Å². The molecule has 0 aromatic heterocycles. The van der Waals surface area contributed by atoms with Crippen LogP contribution in [0.25, 0.3) is 0 Å². The minimum atomic E-state index is -3.60. The number of guanidine groups is 1. The molecule has 0 aliphatic heterocycles. The maximum atomic E-state index is 12.2. The van der Waals surface area contributed by atoms with E-state index < -0.39 is 16.1 Å². The first-order chi connectivity index (χ1) is 12.8. The summed E-state index contributed by atoms with van der Waals surface area (Å²) in [6, 6.07) is 7.62. The first-order valence-corrected chi connectivity index (χ1v) is 10.3. The molecule has 0 aliphatic rings. The van der Waals surface area contributed by atoms with E-state index in [1.54, 1.807) is 25.1 Å². The minimum absolute atomic E-state index is 0.0634. The number of sulfonamides is 1. The summed E-state index contributed by atoms with van der Waals surface area (Å²) in [6.07, 6.45) is 2.56. The SMILES string of the molecule is CC(CNC(=O)COCCCCCN=C(N)N)NS(=O)(=O)c1ccccc1. The van der Waals surface area contributed by atoms with Crippen LogP contribution >= 0.6 is 0 Å². The molecular weight excluding hydrogens is 370 g/mol. The van der Waals surface area contributed by atoms with Crippen molar-refractivity contribution in [2.75, 3.05) is 26.3 Å². The molecule has 0 saturated carbocycles. The predicted octanol–water partition coefficient (Wildman–Crippen LogP) is -0.0701. The lowest BCUT2D eigenvalue weighted by atomic mass is 10.2. The number of rotatable bonds is 13. The van der Waals surface area contributed by atoms with Crippen LogP contribution in [0.4, 0.5) is 0 Å². The van der Waals surface area contributed by atoms with Gasteiger partial charge in [0.2, 0.25) is 15.9 Å². The van der Waals surface area contributed by atoms with Crippen LogP contribution in [0.15, 0.2) is 40.2 Å². The Balaban J connectivity index is 2.14. The topological polar surface area (TPSA) is 149 Å². The molecule has 1 aromatic carbocycles. The second kappa shape index (κ2) is 12.3. The second-order valence-corrected chi connectivity index (χ2v) is 7.77. The minimum Gasteiger partial charge on any atom is -0.372 e. The van der Waals surface area contributed by atoms with E-state index in [4.69, 9.17) is 16.2 Å². The van der Waals surface area contributed by atoms with Crippen LogP contribution in [-0.4, -0.2) is 52.6 Å². The van der Waals surface area contributed by atoms with Gasteiger partial charge in [0.15, 0.2) is 5.96 Å². The number of carbonyl (C=O) groups is 1. The highest BCUT2D eigenvalue weighted by molar-refractivity contribution is 7.89. The van der Waals surface area contributed by atoms with E-state index in [1.165, 1.54) is 12.1 Å². The van der Waals surface area contributed by atoms with Gasteiger partial charge in [0, 0.05) is 25.7 Å². The van der Waals surface area contributed by atoms with Gasteiger partial charge in [-0.3, -0.25) is 9.79 Å². The van der Waals surface area contributed by atoms with Crippen molar-refractivity contribution in [1.82, 2.24) is 10.0 Å². The number of hydrogen-bond acceptors (Lipinski definition) is 5. The third kappa shape index (κ3) is 10.5. The Morgan fingerprint density at radius 1 is 1.19 bits per heavy atom. The molecule has 0 radical (unpaired) electrons. The predicted molar refractivity (Wildman–Crippen MR) is 105 cm³/mol. The summed E-state index contributed by atoms with van der Waals surface area (Å²) < 4.78 is 32.2. The maximum absolute atomic E-state index is 12.2. The number of nitrogens with two attached hydrogens (primary N) is 2. The average molecular weight is 400 g/mol. The van der Waals surface area contributed by atoms with Gasteiger partial charge in [-0.15, -0.1) is 0 Å². The largest absolute Gasteiger partial charge is 0.372 e. The number of ether oxygens (including phenoxy) is 1. The van der Waals surface area contributed by atoms with Gasteiger partial charge in [-0.2, -0.15) is 0 Å². The van der Waals surface area contributed by atoms with Crippen molar-refractivity contribution < 1.29 is 17.9 Å². The lowest BCUT2D eigenvalue weighted by molar-refractivity contribution is -0.125. The molecule has 1 amide bonds. The van der Waals surface area contributed by atoms with Crippen molar-refractivity contribution in [2.45, 2.75) is 37.1 Å². The van der Waals surface area contributed by atoms with Crippen molar-refractivity contribution in [1.29, 1.82) is 0 Å². The Bertz CT molecular complexity index is 691. The fourth-order valence-corrected chi connectivity index (χ4v) is 3.42. The van der Waals surface area contributed by atoms with Crippen molar-refractivity contribution in [3.63, 3.8) is 0 Å². The van der Waals surface area contributed by atoms with Gasteiger partial charge in [-0.1, -0.05) is 18.2 Å². The molecule has 27 heavy (non-hydrogen) atoms. The lowest BCUT2D eigenvalue weighted by Gasteiger charge is -2.15. The molecule has 1 atom stereocenters.